The first-order valence-corrected chi connectivity index (χ1v) is 15.1. The van der Waals surface area contributed by atoms with Crippen LogP contribution in [-0.4, -0.2) is 55.5 Å². The number of oxime groups is 1. The predicted octanol–water partition coefficient (Wildman–Crippen LogP) is 5.53. The van der Waals surface area contributed by atoms with Crippen molar-refractivity contribution >= 4 is 22.7 Å². The van der Waals surface area contributed by atoms with E-state index in [-0.39, 0.29) is 23.4 Å². The van der Waals surface area contributed by atoms with Gasteiger partial charge in [-0.2, -0.15) is 0 Å². The topological polar surface area (TPSA) is 97.0 Å². The van der Waals surface area contributed by atoms with Gasteiger partial charge in [0.1, 0.15) is 6.10 Å². The van der Waals surface area contributed by atoms with Gasteiger partial charge in [0.2, 0.25) is 5.71 Å². The average molecular weight is 535 g/mol. The Kier molecular flexibility index (Phi) is 7.49. The van der Waals surface area contributed by atoms with E-state index in [1.807, 2.05) is 28.8 Å². The minimum Gasteiger partial charge on any atom is -0.476 e. The zero-order valence-corrected chi connectivity index (χ0v) is 23.3. The van der Waals surface area contributed by atoms with Gasteiger partial charge in [-0.05, 0) is 82.8 Å². The van der Waals surface area contributed by atoms with Crippen LogP contribution >= 0.6 is 0 Å². The number of aromatic nitrogens is 2. The fraction of sp³-hybridized carbons (Fsp3) is 0.677. The summed E-state index contributed by atoms with van der Waals surface area (Å²) < 4.78 is 1.84. The first-order chi connectivity index (χ1) is 18.9. The van der Waals surface area contributed by atoms with Crippen molar-refractivity contribution in [1.82, 2.24) is 14.5 Å². The van der Waals surface area contributed by atoms with Crippen molar-refractivity contribution in [1.29, 1.82) is 0 Å². The Balaban J connectivity index is 1.36. The molecule has 0 amide bonds. The lowest BCUT2D eigenvalue weighted by Crippen LogP contribution is -2.58. The zero-order chi connectivity index (χ0) is 27.1. The summed E-state index contributed by atoms with van der Waals surface area (Å²) in [6.07, 6.45) is 14.8. The second-order valence-electron chi connectivity index (χ2n) is 12.7. The minimum atomic E-state index is -1.31. The number of benzene rings is 1. The molecular formula is C31H42N4O4. The lowest BCUT2D eigenvalue weighted by atomic mass is 9.73. The molecule has 2 aromatic rings. The SMILES string of the molecule is CC(C)O/N=C(\C(=O)O)c1nc2ccccc2n([C@H]2C[C@H]3CCC[C@@H](C2)N3C2CC3CCCCC(C3)C2)c1=O. The fourth-order valence-corrected chi connectivity index (χ4v) is 8.32. The van der Waals surface area contributed by atoms with Crippen LogP contribution in [0.25, 0.3) is 11.0 Å². The molecular weight excluding hydrogens is 492 g/mol. The molecule has 39 heavy (non-hydrogen) atoms. The van der Waals surface area contributed by atoms with Crippen LogP contribution in [0, 0.1) is 11.8 Å². The second-order valence-corrected chi connectivity index (χ2v) is 12.7. The average Bonchev–Trinajstić information content (AvgIpc) is 3.07. The Morgan fingerprint density at radius 2 is 1.59 bits per heavy atom. The maximum absolute atomic E-state index is 14.0. The van der Waals surface area contributed by atoms with Gasteiger partial charge in [0.25, 0.3) is 5.56 Å². The number of carboxylic acids is 1. The summed E-state index contributed by atoms with van der Waals surface area (Å²) in [4.78, 5) is 38.9. The molecule has 2 aliphatic carbocycles. The Labute approximate surface area is 230 Å². The normalized spacial score (nSPS) is 31.7. The molecule has 8 heteroatoms. The number of rotatable bonds is 6. The molecule has 4 bridgehead atoms. The van der Waals surface area contributed by atoms with E-state index in [0.29, 0.717) is 23.6 Å². The number of aliphatic carboxylic acids is 1. The van der Waals surface area contributed by atoms with E-state index in [0.717, 1.165) is 30.2 Å². The summed E-state index contributed by atoms with van der Waals surface area (Å²) in [5.74, 6) is 0.448. The van der Waals surface area contributed by atoms with E-state index in [1.165, 1.54) is 64.2 Å². The molecule has 1 N–H and O–H groups in total. The van der Waals surface area contributed by atoms with Crippen LogP contribution in [-0.2, 0) is 9.63 Å². The van der Waals surface area contributed by atoms with Crippen molar-refractivity contribution < 1.29 is 14.7 Å². The van der Waals surface area contributed by atoms with Crippen LogP contribution in [0.3, 0.4) is 0 Å². The highest BCUT2D eigenvalue weighted by atomic mass is 16.6. The first-order valence-electron chi connectivity index (χ1n) is 15.1. The van der Waals surface area contributed by atoms with Crippen LogP contribution in [0.15, 0.2) is 34.2 Å². The van der Waals surface area contributed by atoms with Gasteiger partial charge in [-0.3, -0.25) is 9.69 Å². The van der Waals surface area contributed by atoms with E-state index in [4.69, 9.17) is 4.84 Å². The summed E-state index contributed by atoms with van der Waals surface area (Å²) in [7, 11) is 0. The Bertz CT molecular complexity index is 1280. The number of fused-ring (bicyclic) bond motifs is 5. The molecule has 2 aliphatic heterocycles. The van der Waals surface area contributed by atoms with Crippen molar-refractivity contribution in [2.75, 3.05) is 0 Å². The standard InChI is InChI=1S/C31H42N4O4/c1-19(2)39-33-29(31(37)38)28-30(36)35(27-13-6-5-12-26(27)32-28)25-17-22-10-7-11-23(18-25)34(22)24-15-20-8-3-4-9-21(14-20)16-24/h5-6,12-13,19-25H,3-4,7-11,14-18H2,1-2H3,(H,37,38)/b33-29-/t20?,21?,22-,23+,24?,25+. The maximum Gasteiger partial charge on any atom is 0.360 e. The van der Waals surface area contributed by atoms with Gasteiger partial charge in [-0.1, -0.05) is 49.4 Å². The highest BCUT2D eigenvalue weighted by molar-refractivity contribution is 6.41. The predicted molar refractivity (Wildman–Crippen MR) is 151 cm³/mol. The van der Waals surface area contributed by atoms with E-state index in [2.05, 4.69) is 15.0 Å². The molecule has 2 saturated carbocycles. The molecule has 2 unspecified atom stereocenters. The van der Waals surface area contributed by atoms with E-state index in [9.17, 15) is 14.7 Å². The number of para-hydroxylation sites is 2. The third-order valence-corrected chi connectivity index (χ3v) is 9.72. The number of hydrogen-bond acceptors (Lipinski definition) is 6. The molecule has 0 radical (unpaired) electrons. The smallest absolute Gasteiger partial charge is 0.360 e. The van der Waals surface area contributed by atoms with E-state index < -0.39 is 11.7 Å². The van der Waals surface area contributed by atoms with Crippen LogP contribution in [0.4, 0.5) is 0 Å². The molecule has 8 nitrogen and oxygen atoms in total. The van der Waals surface area contributed by atoms with Crippen molar-refractivity contribution in [2.45, 2.75) is 121 Å². The maximum atomic E-state index is 14.0. The molecule has 210 valence electrons. The highest BCUT2D eigenvalue weighted by Crippen LogP contribution is 2.47. The van der Waals surface area contributed by atoms with Crippen LogP contribution < -0.4 is 5.56 Å². The van der Waals surface area contributed by atoms with Crippen molar-refractivity contribution in [2.24, 2.45) is 17.0 Å². The van der Waals surface area contributed by atoms with Crippen LogP contribution in [0.5, 0.6) is 0 Å². The van der Waals surface area contributed by atoms with Crippen LogP contribution in [0.1, 0.15) is 103 Å². The van der Waals surface area contributed by atoms with Gasteiger partial charge in [0.05, 0.1) is 11.0 Å². The van der Waals surface area contributed by atoms with Gasteiger partial charge >= 0.3 is 5.97 Å². The molecule has 5 atom stereocenters. The molecule has 1 aromatic carbocycles. The molecule has 6 rings (SSSR count). The number of piperidine rings is 2. The third kappa shape index (κ3) is 5.24. The summed E-state index contributed by atoms with van der Waals surface area (Å²) in [5, 5.41) is 13.8. The Morgan fingerprint density at radius 1 is 0.923 bits per heavy atom. The van der Waals surface area contributed by atoms with Gasteiger partial charge in [-0.15, -0.1) is 0 Å². The number of carbonyl (C=O) groups is 1. The molecule has 1 aromatic heterocycles. The quantitative estimate of drug-likeness (QED) is 0.387. The molecule has 4 fully saturated rings. The zero-order valence-electron chi connectivity index (χ0n) is 23.3. The fourth-order valence-electron chi connectivity index (χ4n) is 8.32. The van der Waals surface area contributed by atoms with Crippen molar-refractivity contribution in [3.8, 4) is 0 Å². The summed E-state index contributed by atoms with van der Waals surface area (Å²) in [6, 6.07) is 9.18. The summed E-state index contributed by atoms with van der Waals surface area (Å²) in [6.45, 7) is 3.53. The number of hydrogen-bond donors (Lipinski definition) is 1. The van der Waals surface area contributed by atoms with Gasteiger partial charge < -0.3 is 14.5 Å². The van der Waals surface area contributed by atoms with Gasteiger partial charge in [-0.25, -0.2) is 9.78 Å². The molecule has 3 heterocycles. The second kappa shape index (κ2) is 11.0. The van der Waals surface area contributed by atoms with Crippen molar-refractivity contribution in [3.05, 3.63) is 40.3 Å². The molecule has 0 spiro atoms. The van der Waals surface area contributed by atoms with Crippen molar-refractivity contribution in [3.63, 3.8) is 0 Å². The third-order valence-electron chi connectivity index (χ3n) is 9.72. The lowest BCUT2D eigenvalue weighted by Gasteiger charge is -2.54. The van der Waals surface area contributed by atoms with Gasteiger partial charge in [0, 0.05) is 24.2 Å². The highest BCUT2D eigenvalue weighted by Gasteiger charge is 2.45. The largest absolute Gasteiger partial charge is 0.476 e. The van der Waals surface area contributed by atoms with E-state index >= 15 is 0 Å². The first kappa shape index (κ1) is 26.5. The minimum absolute atomic E-state index is 0.00244. The molecule has 2 saturated heterocycles. The van der Waals surface area contributed by atoms with Gasteiger partial charge in [0.15, 0.2) is 5.69 Å². The van der Waals surface area contributed by atoms with Crippen LogP contribution in [0.2, 0.25) is 0 Å². The Morgan fingerprint density at radius 3 is 2.23 bits per heavy atom. The number of nitrogens with zero attached hydrogens (tertiary/aromatic N) is 4. The number of carboxylic acid groups (broad SMARTS) is 1. The summed E-state index contributed by atoms with van der Waals surface area (Å²) >= 11 is 0. The summed E-state index contributed by atoms with van der Waals surface area (Å²) in [5.41, 5.74) is 0.402. The lowest BCUT2D eigenvalue weighted by molar-refractivity contribution is -0.129. The van der Waals surface area contributed by atoms with E-state index in [1.54, 1.807) is 13.8 Å². The Hall–Kier alpha value is -2.74. The monoisotopic (exact) mass is 534 g/mol. The molecule has 4 aliphatic rings.